The highest BCUT2D eigenvalue weighted by Crippen LogP contribution is 2.36. The fourth-order valence-electron chi connectivity index (χ4n) is 2.76. The molecule has 134 valence electrons. The molecule has 1 fully saturated rings. The number of carbonyl (C=O) groups is 1. The SMILES string of the molecule is CSc1cccc(N2C(=O)/C(=C\c3cc4ccccc4oc3=O)SC2=S)c1. The molecule has 7 heteroatoms. The monoisotopic (exact) mass is 411 g/mol. The van der Waals surface area contributed by atoms with Gasteiger partial charge in [-0.15, -0.1) is 11.8 Å². The van der Waals surface area contributed by atoms with Crippen LogP contribution < -0.4 is 10.5 Å². The van der Waals surface area contributed by atoms with Crippen molar-refractivity contribution in [2.24, 2.45) is 0 Å². The average molecular weight is 412 g/mol. The molecule has 1 saturated heterocycles. The maximum atomic E-state index is 12.9. The number of anilines is 1. The molecule has 27 heavy (non-hydrogen) atoms. The predicted molar refractivity (Wildman–Crippen MR) is 116 cm³/mol. The van der Waals surface area contributed by atoms with E-state index in [2.05, 4.69) is 0 Å². The largest absolute Gasteiger partial charge is 0.422 e. The smallest absolute Gasteiger partial charge is 0.343 e. The Bertz CT molecular complexity index is 1170. The third-order valence-electron chi connectivity index (χ3n) is 4.06. The van der Waals surface area contributed by atoms with Crippen LogP contribution in [0.2, 0.25) is 0 Å². The van der Waals surface area contributed by atoms with Gasteiger partial charge in [0.1, 0.15) is 5.58 Å². The lowest BCUT2D eigenvalue weighted by molar-refractivity contribution is -0.113. The second-order valence-corrected chi connectivity index (χ2v) is 8.30. The van der Waals surface area contributed by atoms with Gasteiger partial charge in [-0.25, -0.2) is 4.79 Å². The first-order valence-electron chi connectivity index (χ1n) is 8.02. The Hall–Kier alpha value is -2.35. The summed E-state index contributed by atoms with van der Waals surface area (Å²) in [6, 6.07) is 16.6. The van der Waals surface area contributed by atoms with Gasteiger partial charge >= 0.3 is 5.63 Å². The van der Waals surface area contributed by atoms with Crippen molar-refractivity contribution in [2.75, 3.05) is 11.2 Å². The van der Waals surface area contributed by atoms with E-state index in [1.807, 2.05) is 42.7 Å². The summed E-state index contributed by atoms with van der Waals surface area (Å²) in [5.74, 6) is -0.240. The van der Waals surface area contributed by atoms with Crippen LogP contribution >= 0.6 is 35.7 Å². The molecule has 1 aliphatic rings. The van der Waals surface area contributed by atoms with Gasteiger partial charge in [0, 0.05) is 10.3 Å². The number of amides is 1. The molecule has 0 atom stereocenters. The molecule has 2 aromatic carbocycles. The third-order valence-corrected chi connectivity index (χ3v) is 6.09. The average Bonchev–Trinajstić information content (AvgIpc) is 2.95. The summed E-state index contributed by atoms with van der Waals surface area (Å²) in [6.07, 6.45) is 3.53. The van der Waals surface area contributed by atoms with E-state index in [-0.39, 0.29) is 5.91 Å². The molecule has 0 bridgehead atoms. The van der Waals surface area contributed by atoms with Gasteiger partial charge in [-0.1, -0.05) is 48.2 Å². The maximum Gasteiger partial charge on any atom is 0.343 e. The summed E-state index contributed by atoms with van der Waals surface area (Å²) in [5.41, 5.74) is 1.08. The molecular formula is C20H13NO3S3. The van der Waals surface area contributed by atoms with E-state index in [1.165, 1.54) is 16.7 Å². The van der Waals surface area contributed by atoms with Crippen LogP contribution in [0.25, 0.3) is 17.0 Å². The van der Waals surface area contributed by atoms with Crippen molar-refractivity contribution in [3.63, 3.8) is 0 Å². The Morgan fingerprint density at radius 2 is 1.93 bits per heavy atom. The number of thioether (sulfide) groups is 2. The first-order chi connectivity index (χ1) is 13.1. The second kappa shape index (κ2) is 7.34. The Kier molecular flexibility index (Phi) is 4.90. The summed E-state index contributed by atoms with van der Waals surface area (Å²) in [6.45, 7) is 0. The van der Waals surface area contributed by atoms with E-state index in [9.17, 15) is 9.59 Å². The lowest BCUT2D eigenvalue weighted by Crippen LogP contribution is -2.27. The summed E-state index contributed by atoms with van der Waals surface area (Å²) in [4.78, 5) is 28.1. The van der Waals surface area contributed by atoms with Crippen LogP contribution in [0.3, 0.4) is 0 Å². The molecule has 1 aromatic heterocycles. The van der Waals surface area contributed by atoms with Gasteiger partial charge < -0.3 is 4.42 Å². The molecule has 0 aliphatic carbocycles. The molecule has 1 aliphatic heterocycles. The lowest BCUT2D eigenvalue weighted by atomic mass is 10.1. The molecule has 2 heterocycles. The minimum atomic E-state index is -0.483. The van der Waals surface area contributed by atoms with Gasteiger partial charge in [0.05, 0.1) is 16.2 Å². The quantitative estimate of drug-likeness (QED) is 0.264. The first-order valence-corrected chi connectivity index (χ1v) is 10.5. The van der Waals surface area contributed by atoms with Crippen molar-refractivity contribution < 1.29 is 9.21 Å². The van der Waals surface area contributed by atoms with Crippen LogP contribution in [0, 0.1) is 0 Å². The van der Waals surface area contributed by atoms with Gasteiger partial charge in [-0.05, 0) is 42.7 Å². The van der Waals surface area contributed by atoms with Crippen LogP contribution in [0.5, 0.6) is 0 Å². The zero-order chi connectivity index (χ0) is 19.0. The Morgan fingerprint density at radius 1 is 1.11 bits per heavy atom. The molecule has 1 amide bonds. The molecule has 0 saturated carbocycles. The fraction of sp³-hybridized carbons (Fsp3) is 0.0500. The van der Waals surface area contributed by atoms with Crippen LogP contribution in [-0.2, 0) is 4.79 Å². The lowest BCUT2D eigenvalue weighted by Gasteiger charge is -2.15. The van der Waals surface area contributed by atoms with Crippen LogP contribution in [-0.4, -0.2) is 16.5 Å². The van der Waals surface area contributed by atoms with Crippen molar-refractivity contribution in [3.05, 3.63) is 75.5 Å². The number of hydrogen-bond acceptors (Lipinski definition) is 6. The zero-order valence-electron chi connectivity index (χ0n) is 14.2. The van der Waals surface area contributed by atoms with Crippen molar-refractivity contribution in [1.29, 1.82) is 0 Å². The van der Waals surface area contributed by atoms with Crippen LogP contribution in [0.4, 0.5) is 5.69 Å². The normalized spacial score (nSPS) is 15.9. The Morgan fingerprint density at radius 3 is 2.74 bits per heavy atom. The maximum absolute atomic E-state index is 12.9. The number of carbonyl (C=O) groups excluding carboxylic acids is 1. The number of fused-ring (bicyclic) bond motifs is 1. The second-order valence-electron chi connectivity index (χ2n) is 5.75. The van der Waals surface area contributed by atoms with Crippen molar-refractivity contribution in [3.8, 4) is 0 Å². The fourth-order valence-corrected chi connectivity index (χ4v) is 4.50. The van der Waals surface area contributed by atoms with E-state index in [4.69, 9.17) is 16.6 Å². The number of para-hydroxylation sites is 1. The van der Waals surface area contributed by atoms with Gasteiger partial charge in [0.15, 0.2) is 4.32 Å². The number of thiocarbonyl (C=S) groups is 1. The summed E-state index contributed by atoms with van der Waals surface area (Å²) in [5, 5.41) is 0.798. The van der Waals surface area contributed by atoms with Crippen molar-refractivity contribution >= 4 is 68.7 Å². The number of hydrogen-bond donors (Lipinski definition) is 0. The Labute approximate surface area is 169 Å². The van der Waals surface area contributed by atoms with E-state index in [0.29, 0.717) is 20.4 Å². The van der Waals surface area contributed by atoms with Gasteiger partial charge in [0.25, 0.3) is 5.91 Å². The highest BCUT2D eigenvalue weighted by Gasteiger charge is 2.33. The minimum Gasteiger partial charge on any atom is -0.422 e. The van der Waals surface area contributed by atoms with E-state index in [1.54, 1.807) is 36.0 Å². The molecule has 0 N–H and O–H groups in total. The van der Waals surface area contributed by atoms with Gasteiger partial charge in [0.2, 0.25) is 0 Å². The van der Waals surface area contributed by atoms with Crippen LogP contribution in [0.15, 0.2) is 73.6 Å². The zero-order valence-corrected chi connectivity index (χ0v) is 16.6. The highest BCUT2D eigenvalue weighted by molar-refractivity contribution is 8.27. The Balaban J connectivity index is 1.73. The standard InChI is InChI=1S/C20H13NO3S3/c1-26-15-7-4-6-14(11-15)21-18(22)17(27-20(21)25)10-13-9-12-5-2-3-8-16(12)24-19(13)23/h2-11H,1H3/b17-10+. The molecule has 4 nitrogen and oxygen atoms in total. The van der Waals surface area contributed by atoms with E-state index >= 15 is 0 Å². The summed E-state index contributed by atoms with van der Waals surface area (Å²) >= 11 is 8.18. The van der Waals surface area contributed by atoms with E-state index in [0.717, 1.165) is 16.0 Å². The van der Waals surface area contributed by atoms with Crippen LogP contribution in [0.1, 0.15) is 5.56 Å². The van der Waals surface area contributed by atoms with Gasteiger partial charge in [-0.3, -0.25) is 9.69 Å². The first kappa shape index (κ1) is 18.0. The van der Waals surface area contributed by atoms with Gasteiger partial charge in [-0.2, -0.15) is 0 Å². The molecule has 3 aromatic rings. The third kappa shape index (κ3) is 3.45. The molecule has 4 rings (SSSR count). The van der Waals surface area contributed by atoms with Crippen molar-refractivity contribution in [1.82, 2.24) is 0 Å². The predicted octanol–water partition coefficient (Wildman–Crippen LogP) is 4.92. The van der Waals surface area contributed by atoms with E-state index < -0.39 is 5.63 Å². The molecule has 0 spiro atoms. The summed E-state index contributed by atoms with van der Waals surface area (Å²) < 4.78 is 5.78. The molecular weight excluding hydrogens is 398 g/mol. The minimum absolute atomic E-state index is 0.240. The number of nitrogens with zero attached hydrogens (tertiary/aromatic N) is 1. The topological polar surface area (TPSA) is 50.5 Å². The molecule has 0 unspecified atom stereocenters. The summed E-state index contributed by atoms with van der Waals surface area (Å²) in [7, 11) is 0. The number of rotatable bonds is 3. The number of benzene rings is 2. The highest BCUT2D eigenvalue weighted by atomic mass is 32.2. The van der Waals surface area contributed by atoms with Crippen molar-refractivity contribution in [2.45, 2.75) is 4.90 Å². The molecule has 0 radical (unpaired) electrons.